The lowest BCUT2D eigenvalue weighted by Gasteiger charge is -2.34. The molecule has 0 spiro atoms. The van der Waals surface area contributed by atoms with Crippen LogP contribution < -0.4 is 14.8 Å². The molecule has 2 heterocycles. The Labute approximate surface area is 249 Å². The summed E-state index contributed by atoms with van der Waals surface area (Å²) in [5.41, 5.74) is 0.586. The van der Waals surface area contributed by atoms with Crippen molar-refractivity contribution in [1.29, 1.82) is 0 Å². The number of benzene rings is 1. The van der Waals surface area contributed by atoms with Gasteiger partial charge in [0.1, 0.15) is 18.0 Å². The first-order valence-corrected chi connectivity index (χ1v) is 13.8. The molecule has 1 aromatic carbocycles. The predicted molar refractivity (Wildman–Crippen MR) is 149 cm³/mol. The first-order valence-electron chi connectivity index (χ1n) is 13.8. The van der Waals surface area contributed by atoms with Gasteiger partial charge in [0, 0.05) is 31.7 Å². The molecule has 0 unspecified atom stereocenters. The maximum Gasteiger partial charge on any atom is 0.331 e. The molecular formula is C30H37FN2O10. The van der Waals surface area contributed by atoms with E-state index in [-0.39, 0.29) is 42.1 Å². The second-order valence-corrected chi connectivity index (χ2v) is 10.3. The average Bonchev–Trinajstić information content (AvgIpc) is 2.96. The van der Waals surface area contributed by atoms with Crippen LogP contribution in [0.2, 0.25) is 0 Å². The third kappa shape index (κ3) is 9.63. The van der Waals surface area contributed by atoms with E-state index in [0.29, 0.717) is 12.8 Å². The maximum atomic E-state index is 13.5. The number of rotatable bonds is 10. The van der Waals surface area contributed by atoms with Crippen LogP contribution in [-0.2, 0) is 39.8 Å². The average molecular weight is 605 g/mol. The number of nitrogens with one attached hydrogen (secondary N) is 1. The van der Waals surface area contributed by atoms with Crippen molar-refractivity contribution in [3.8, 4) is 11.5 Å². The quantitative estimate of drug-likeness (QED) is 0.242. The largest absolute Gasteiger partial charge is 0.493 e. The number of pyridine rings is 1. The van der Waals surface area contributed by atoms with Crippen LogP contribution in [0.1, 0.15) is 50.2 Å². The fourth-order valence-corrected chi connectivity index (χ4v) is 4.38. The van der Waals surface area contributed by atoms with Gasteiger partial charge in [-0.15, -0.1) is 0 Å². The van der Waals surface area contributed by atoms with Gasteiger partial charge in [0.2, 0.25) is 6.79 Å². The SMILES string of the molecule is COc1ccnc(C(=O)N[C@H]2COCC[C@H](Cc3ccc(F)cc3)[C@@H](OC(=O)C(C)C)[C@H](C)OC2=O)c1OCOC(C)=O. The number of hydrogen-bond acceptors (Lipinski definition) is 11. The van der Waals surface area contributed by atoms with Crippen LogP contribution in [0.25, 0.3) is 0 Å². The number of amides is 1. The molecule has 234 valence electrons. The summed E-state index contributed by atoms with van der Waals surface area (Å²) in [7, 11) is 1.36. The summed E-state index contributed by atoms with van der Waals surface area (Å²) in [4.78, 5) is 54.4. The lowest BCUT2D eigenvalue weighted by atomic mass is 9.88. The van der Waals surface area contributed by atoms with Gasteiger partial charge in [0.15, 0.2) is 23.2 Å². The Morgan fingerprint density at radius 3 is 2.53 bits per heavy atom. The Bertz CT molecular complexity index is 1270. The van der Waals surface area contributed by atoms with Crippen LogP contribution in [-0.4, -0.2) is 74.2 Å². The monoisotopic (exact) mass is 604 g/mol. The normalized spacial score (nSPS) is 20.9. The molecule has 1 fully saturated rings. The molecule has 0 radical (unpaired) electrons. The number of nitrogens with zero attached hydrogens (tertiary/aromatic N) is 1. The number of aromatic nitrogens is 1. The maximum absolute atomic E-state index is 13.5. The van der Waals surface area contributed by atoms with Crippen LogP contribution in [0.15, 0.2) is 36.5 Å². The molecule has 4 atom stereocenters. The minimum Gasteiger partial charge on any atom is -0.493 e. The van der Waals surface area contributed by atoms with Crippen LogP contribution in [0.4, 0.5) is 4.39 Å². The highest BCUT2D eigenvalue weighted by Crippen LogP contribution is 2.30. The third-order valence-electron chi connectivity index (χ3n) is 6.64. The zero-order chi connectivity index (χ0) is 31.5. The zero-order valence-corrected chi connectivity index (χ0v) is 24.8. The van der Waals surface area contributed by atoms with Gasteiger partial charge in [0.05, 0.1) is 19.6 Å². The lowest BCUT2D eigenvalue weighted by molar-refractivity contribution is -0.177. The van der Waals surface area contributed by atoms with Crippen LogP contribution in [0.5, 0.6) is 11.5 Å². The third-order valence-corrected chi connectivity index (χ3v) is 6.64. The number of carbonyl (C=O) groups excluding carboxylic acids is 4. The van der Waals surface area contributed by atoms with Gasteiger partial charge >= 0.3 is 17.9 Å². The molecule has 0 aliphatic carbocycles. The van der Waals surface area contributed by atoms with E-state index in [1.165, 1.54) is 38.4 Å². The molecule has 2 aromatic rings. The summed E-state index contributed by atoms with van der Waals surface area (Å²) < 4.78 is 46.3. The number of methoxy groups -OCH3 is 1. The molecule has 0 saturated carbocycles. The second-order valence-electron chi connectivity index (χ2n) is 10.3. The Hall–Kier alpha value is -4.26. The van der Waals surface area contributed by atoms with Crippen molar-refractivity contribution in [3.63, 3.8) is 0 Å². The highest BCUT2D eigenvalue weighted by molar-refractivity contribution is 5.98. The van der Waals surface area contributed by atoms with Gasteiger partial charge in [-0.25, -0.2) is 14.2 Å². The Kier molecular flexibility index (Phi) is 12.2. The zero-order valence-electron chi connectivity index (χ0n) is 24.8. The minimum atomic E-state index is -1.25. The van der Waals surface area contributed by atoms with E-state index >= 15 is 0 Å². The molecule has 1 amide bonds. The van der Waals surface area contributed by atoms with E-state index in [4.69, 9.17) is 28.4 Å². The number of halogens is 1. The fourth-order valence-electron chi connectivity index (χ4n) is 4.38. The van der Waals surface area contributed by atoms with Gasteiger partial charge < -0.3 is 33.7 Å². The summed E-state index contributed by atoms with van der Waals surface area (Å²) in [6, 6.07) is 6.19. The molecule has 1 aliphatic heterocycles. The molecule has 1 aliphatic rings. The van der Waals surface area contributed by atoms with E-state index in [2.05, 4.69) is 10.3 Å². The Balaban J connectivity index is 1.81. The first kappa shape index (κ1) is 33.2. The summed E-state index contributed by atoms with van der Waals surface area (Å²) in [5.74, 6) is -3.76. The first-order chi connectivity index (χ1) is 20.5. The van der Waals surface area contributed by atoms with Crippen molar-refractivity contribution in [2.45, 2.75) is 58.8 Å². The van der Waals surface area contributed by atoms with E-state index in [9.17, 15) is 23.6 Å². The topological polar surface area (TPSA) is 149 Å². The van der Waals surface area contributed by atoms with Crippen molar-refractivity contribution in [2.75, 3.05) is 27.1 Å². The molecule has 1 aromatic heterocycles. The molecule has 3 rings (SSSR count). The summed E-state index contributed by atoms with van der Waals surface area (Å²) >= 11 is 0. The van der Waals surface area contributed by atoms with E-state index in [1.807, 2.05) is 0 Å². The van der Waals surface area contributed by atoms with Gasteiger partial charge in [-0.1, -0.05) is 26.0 Å². The van der Waals surface area contributed by atoms with Crippen LogP contribution in [0.3, 0.4) is 0 Å². The van der Waals surface area contributed by atoms with E-state index < -0.39 is 54.8 Å². The van der Waals surface area contributed by atoms with Crippen molar-refractivity contribution in [2.24, 2.45) is 11.8 Å². The van der Waals surface area contributed by atoms with Crippen molar-refractivity contribution in [1.82, 2.24) is 10.3 Å². The van der Waals surface area contributed by atoms with Crippen molar-refractivity contribution in [3.05, 3.63) is 53.6 Å². The summed E-state index contributed by atoms with van der Waals surface area (Å²) in [6.45, 7) is 5.65. The van der Waals surface area contributed by atoms with Crippen molar-refractivity contribution < 1.29 is 52.0 Å². The minimum absolute atomic E-state index is 0.101. The Morgan fingerprint density at radius 2 is 1.88 bits per heavy atom. The molecule has 13 heteroatoms. The molecule has 0 bridgehead atoms. The van der Waals surface area contributed by atoms with Gasteiger partial charge in [-0.2, -0.15) is 0 Å². The Morgan fingerprint density at radius 1 is 1.16 bits per heavy atom. The number of esters is 3. The fraction of sp³-hybridized carbons (Fsp3) is 0.500. The molecular weight excluding hydrogens is 567 g/mol. The molecule has 12 nitrogen and oxygen atoms in total. The van der Waals surface area contributed by atoms with Gasteiger partial charge in [-0.3, -0.25) is 14.4 Å². The lowest BCUT2D eigenvalue weighted by Crippen LogP contribution is -2.49. The van der Waals surface area contributed by atoms with Gasteiger partial charge in [-0.05, 0) is 37.5 Å². The second kappa shape index (κ2) is 15.8. The molecule has 1 saturated heterocycles. The summed E-state index contributed by atoms with van der Waals surface area (Å²) in [6.07, 6.45) is 0.408. The smallest absolute Gasteiger partial charge is 0.331 e. The van der Waals surface area contributed by atoms with Crippen LogP contribution in [0, 0.1) is 17.7 Å². The number of ether oxygens (including phenoxy) is 6. The van der Waals surface area contributed by atoms with E-state index in [1.54, 1.807) is 32.9 Å². The van der Waals surface area contributed by atoms with Crippen molar-refractivity contribution >= 4 is 23.8 Å². The molecule has 43 heavy (non-hydrogen) atoms. The summed E-state index contributed by atoms with van der Waals surface area (Å²) in [5, 5.41) is 2.55. The molecule has 1 N–H and O–H groups in total. The predicted octanol–water partition coefficient (Wildman–Crippen LogP) is 3.01. The van der Waals surface area contributed by atoms with E-state index in [0.717, 1.165) is 5.56 Å². The van der Waals surface area contributed by atoms with Crippen LogP contribution >= 0.6 is 0 Å². The van der Waals surface area contributed by atoms with Gasteiger partial charge in [0.25, 0.3) is 5.91 Å². The highest BCUT2D eigenvalue weighted by atomic mass is 19.1. The number of hydrogen-bond donors (Lipinski definition) is 1. The standard InChI is InChI=1S/C30H37FN2O10/c1-17(2)29(36)43-26-18(3)42-30(37)23(15-39-13-11-21(26)14-20-6-8-22(31)9-7-20)33-28(35)25-27(41-16-40-19(4)34)24(38-5)10-12-32-25/h6-10,12,17-18,21,23,26H,11,13-16H2,1-5H3,(H,33,35)/t18-,21+,23-,26-/m0/s1. The highest BCUT2D eigenvalue weighted by Gasteiger charge is 2.37. The number of carbonyl (C=O) groups is 4. The number of cyclic esters (lactones) is 1.